The minimum atomic E-state index is -0.232. The minimum Gasteiger partial charge on any atom is -0.490 e. The zero-order valence-corrected chi connectivity index (χ0v) is 14.0. The van der Waals surface area contributed by atoms with Gasteiger partial charge >= 0.3 is 0 Å². The van der Waals surface area contributed by atoms with E-state index in [0.717, 1.165) is 0 Å². The Bertz CT molecular complexity index is 587. The molecule has 0 radical (unpaired) electrons. The molecule has 6 nitrogen and oxygen atoms in total. The van der Waals surface area contributed by atoms with Gasteiger partial charge in [-0.3, -0.25) is 0 Å². The molecule has 0 saturated carbocycles. The molecule has 0 bridgehead atoms. The predicted octanol–water partition coefficient (Wildman–Crippen LogP) is 2.65. The number of hydrogen-bond acceptors (Lipinski definition) is 6. The number of nitriles is 2. The van der Waals surface area contributed by atoms with Crippen molar-refractivity contribution in [3.63, 3.8) is 0 Å². The summed E-state index contributed by atoms with van der Waals surface area (Å²) in [6, 6.07) is 7.28. The molecule has 0 amide bonds. The van der Waals surface area contributed by atoms with Crippen molar-refractivity contribution in [2.45, 2.75) is 33.0 Å². The van der Waals surface area contributed by atoms with Crippen LogP contribution in [0.1, 0.15) is 31.9 Å². The van der Waals surface area contributed by atoms with E-state index in [0.29, 0.717) is 31.3 Å². The fraction of sp³-hybridized carbons (Fsp3) is 0.529. The molecular weight excluding hydrogens is 296 g/mol. The highest BCUT2D eigenvalue weighted by Crippen LogP contribution is 2.30. The molecule has 0 saturated heterocycles. The molecule has 23 heavy (non-hydrogen) atoms. The molecule has 1 aromatic carbocycles. The number of nitrogens with zero attached hydrogens (tertiary/aromatic N) is 2. The van der Waals surface area contributed by atoms with Gasteiger partial charge in [-0.2, -0.15) is 10.5 Å². The summed E-state index contributed by atoms with van der Waals surface area (Å²) in [6.07, 6.45) is -0.119. The molecule has 1 rings (SSSR count). The topological polar surface area (TPSA) is 84.5 Å². The third-order valence-corrected chi connectivity index (χ3v) is 2.87. The van der Waals surface area contributed by atoms with Crippen LogP contribution in [0.5, 0.6) is 11.5 Å². The summed E-state index contributed by atoms with van der Waals surface area (Å²) >= 11 is 0. The van der Waals surface area contributed by atoms with Crippen molar-refractivity contribution < 1.29 is 18.9 Å². The van der Waals surface area contributed by atoms with Crippen molar-refractivity contribution in [1.82, 2.24) is 0 Å². The van der Waals surface area contributed by atoms with E-state index in [1.807, 2.05) is 32.9 Å². The fourth-order valence-corrected chi connectivity index (χ4v) is 1.93. The molecule has 0 N–H and O–H groups in total. The number of benzene rings is 1. The van der Waals surface area contributed by atoms with Crippen LogP contribution in [-0.4, -0.2) is 39.1 Å². The van der Waals surface area contributed by atoms with Gasteiger partial charge in [0.25, 0.3) is 0 Å². The highest BCUT2D eigenvalue weighted by atomic mass is 16.5. The van der Waals surface area contributed by atoms with Gasteiger partial charge < -0.3 is 18.9 Å². The maximum atomic E-state index is 9.35. The van der Waals surface area contributed by atoms with E-state index in [1.165, 1.54) is 0 Å². The summed E-state index contributed by atoms with van der Waals surface area (Å²) in [6.45, 7) is 6.79. The van der Waals surface area contributed by atoms with Crippen molar-refractivity contribution in [2.75, 3.05) is 26.9 Å². The van der Waals surface area contributed by atoms with Crippen LogP contribution < -0.4 is 9.47 Å². The van der Waals surface area contributed by atoms with Gasteiger partial charge in [-0.15, -0.1) is 0 Å². The van der Waals surface area contributed by atoms with Crippen molar-refractivity contribution in [2.24, 2.45) is 0 Å². The molecule has 0 aliphatic carbocycles. The monoisotopic (exact) mass is 318 g/mol. The summed E-state index contributed by atoms with van der Waals surface area (Å²) in [4.78, 5) is 0. The normalized spacial score (nSPS) is 11.6. The van der Waals surface area contributed by atoms with Gasteiger partial charge in [0.15, 0.2) is 0 Å². The second-order valence-electron chi connectivity index (χ2n) is 5.19. The van der Waals surface area contributed by atoms with Crippen LogP contribution in [0, 0.1) is 22.7 Å². The lowest BCUT2D eigenvalue weighted by Gasteiger charge is -2.17. The molecule has 1 aromatic rings. The highest BCUT2D eigenvalue weighted by molar-refractivity contribution is 5.60. The molecule has 0 fully saturated rings. The zero-order chi connectivity index (χ0) is 17.2. The van der Waals surface area contributed by atoms with Gasteiger partial charge in [-0.25, -0.2) is 0 Å². The average molecular weight is 318 g/mol. The molecule has 0 aliphatic rings. The quantitative estimate of drug-likeness (QED) is 0.651. The van der Waals surface area contributed by atoms with E-state index >= 15 is 0 Å². The molecule has 124 valence electrons. The summed E-state index contributed by atoms with van der Waals surface area (Å²) in [5.74, 6) is 0.697. The number of ether oxygens (including phenoxy) is 4. The van der Waals surface area contributed by atoms with Crippen molar-refractivity contribution in [3.8, 4) is 23.6 Å². The van der Waals surface area contributed by atoms with Crippen LogP contribution in [0.4, 0.5) is 0 Å². The van der Waals surface area contributed by atoms with Crippen LogP contribution in [0.3, 0.4) is 0 Å². The molecule has 1 unspecified atom stereocenters. The predicted molar refractivity (Wildman–Crippen MR) is 84.4 cm³/mol. The van der Waals surface area contributed by atoms with Gasteiger partial charge in [-0.05, 0) is 32.9 Å². The number of rotatable bonds is 9. The van der Waals surface area contributed by atoms with Crippen molar-refractivity contribution in [3.05, 3.63) is 23.3 Å². The van der Waals surface area contributed by atoms with Gasteiger partial charge in [0, 0.05) is 7.11 Å². The SMILES string of the molecule is COCC(C)Oc1ccc(OCCOC(C)C)c(C#N)c1C#N. The first-order chi connectivity index (χ1) is 11.0. The maximum absolute atomic E-state index is 9.35. The lowest BCUT2D eigenvalue weighted by Crippen LogP contribution is -2.19. The van der Waals surface area contributed by atoms with Crippen molar-refractivity contribution >= 4 is 0 Å². The first-order valence-electron chi connectivity index (χ1n) is 7.40. The summed E-state index contributed by atoms with van der Waals surface area (Å²) in [5.41, 5.74) is 0.330. The van der Waals surface area contributed by atoms with Gasteiger partial charge in [0.2, 0.25) is 0 Å². The molecule has 0 aromatic heterocycles. The summed E-state index contributed by atoms with van der Waals surface area (Å²) in [7, 11) is 1.57. The Morgan fingerprint density at radius 3 is 2.17 bits per heavy atom. The lowest BCUT2D eigenvalue weighted by molar-refractivity contribution is 0.0551. The first kappa shape index (κ1) is 18.8. The highest BCUT2D eigenvalue weighted by Gasteiger charge is 2.17. The Morgan fingerprint density at radius 1 is 1.00 bits per heavy atom. The molecule has 1 atom stereocenters. The van der Waals surface area contributed by atoms with Gasteiger partial charge in [-0.1, -0.05) is 0 Å². The van der Waals surface area contributed by atoms with Crippen LogP contribution in [0.25, 0.3) is 0 Å². The maximum Gasteiger partial charge on any atom is 0.139 e. The Kier molecular flexibility index (Phi) is 7.90. The van der Waals surface area contributed by atoms with Crippen LogP contribution >= 0.6 is 0 Å². The largest absolute Gasteiger partial charge is 0.490 e. The second kappa shape index (κ2) is 9.68. The smallest absolute Gasteiger partial charge is 0.139 e. The standard InChI is InChI=1S/C17H22N2O4/c1-12(2)21-7-8-22-16-5-6-17(23-13(3)11-20-4)15(10-19)14(16)9-18/h5-6,12-13H,7-8,11H2,1-4H3. The number of methoxy groups -OCH3 is 1. The van der Waals surface area contributed by atoms with E-state index in [2.05, 4.69) is 0 Å². The van der Waals surface area contributed by atoms with Crippen LogP contribution in [0.2, 0.25) is 0 Å². The van der Waals surface area contributed by atoms with E-state index in [9.17, 15) is 10.5 Å². The molecular formula is C17H22N2O4. The summed E-state index contributed by atoms with van der Waals surface area (Å²) in [5, 5.41) is 18.7. The Morgan fingerprint density at radius 2 is 1.61 bits per heavy atom. The average Bonchev–Trinajstić information content (AvgIpc) is 2.51. The fourth-order valence-electron chi connectivity index (χ4n) is 1.93. The number of hydrogen-bond donors (Lipinski definition) is 0. The Labute approximate surface area is 137 Å². The lowest BCUT2D eigenvalue weighted by atomic mass is 10.1. The van der Waals surface area contributed by atoms with E-state index in [4.69, 9.17) is 18.9 Å². The third kappa shape index (κ3) is 5.78. The summed E-state index contributed by atoms with van der Waals surface area (Å²) < 4.78 is 21.6. The van der Waals surface area contributed by atoms with Crippen LogP contribution in [-0.2, 0) is 9.47 Å². The van der Waals surface area contributed by atoms with E-state index in [1.54, 1.807) is 19.2 Å². The van der Waals surface area contributed by atoms with Gasteiger partial charge in [0.1, 0.15) is 47.5 Å². The van der Waals surface area contributed by atoms with Gasteiger partial charge in [0.05, 0.1) is 19.3 Å². The molecule has 0 heterocycles. The third-order valence-electron chi connectivity index (χ3n) is 2.87. The van der Waals surface area contributed by atoms with E-state index < -0.39 is 0 Å². The molecule has 0 aliphatic heterocycles. The Hall–Kier alpha value is -2.28. The van der Waals surface area contributed by atoms with Crippen molar-refractivity contribution in [1.29, 1.82) is 10.5 Å². The Balaban J connectivity index is 2.90. The first-order valence-corrected chi connectivity index (χ1v) is 7.40. The van der Waals surface area contributed by atoms with Crippen LogP contribution in [0.15, 0.2) is 12.1 Å². The minimum absolute atomic E-state index is 0.113. The van der Waals surface area contributed by atoms with E-state index in [-0.39, 0.29) is 23.3 Å². The zero-order valence-electron chi connectivity index (χ0n) is 14.0. The molecule has 0 spiro atoms. The second-order valence-corrected chi connectivity index (χ2v) is 5.19. The molecule has 6 heteroatoms.